The van der Waals surface area contributed by atoms with E-state index in [4.69, 9.17) is 4.42 Å². The summed E-state index contributed by atoms with van der Waals surface area (Å²) in [6, 6.07) is 4.06. The zero-order valence-electron chi connectivity index (χ0n) is 18.1. The van der Waals surface area contributed by atoms with Gasteiger partial charge < -0.3 is 19.3 Å². The predicted molar refractivity (Wildman–Crippen MR) is 111 cm³/mol. The molecule has 4 rings (SSSR count). The summed E-state index contributed by atoms with van der Waals surface area (Å²) in [5.74, 6) is -1.11. The number of amides is 2. The third kappa shape index (κ3) is 4.35. The second-order valence-corrected chi connectivity index (χ2v) is 9.03. The van der Waals surface area contributed by atoms with Gasteiger partial charge in [0.05, 0.1) is 11.7 Å². The van der Waals surface area contributed by atoms with Crippen molar-refractivity contribution in [3.63, 3.8) is 0 Å². The summed E-state index contributed by atoms with van der Waals surface area (Å²) in [6.45, 7) is 4.09. The molecule has 32 heavy (non-hydrogen) atoms. The number of nitrogens with zero attached hydrogens (tertiary/aromatic N) is 2. The van der Waals surface area contributed by atoms with Crippen molar-refractivity contribution in [3.05, 3.63) is 35.1 Å². The number of rotatable bonds is 3. The molecule has 9 heteroatoms. The van der Waals surface area contributed by atoms with E-state index >= 15 is 0 Å². The number of piperazine rings is 1. The van der Waals surface area contributed by atoms with E-state index in [-0.39, 0.29) is 53.8 Å². The number of carbonyl (C=O) groups excluding carboxylic acids is 2. The molecule has 1 N–H and O–H groups in total. The monoisotopic (exact) mass is 452 g/mol. The van der Waals surface area contributed by atoms with Crippen LogP contribution in [0.1, 0.15) is 67.1 Å². The summed E-state index contributed by atoms with van der Waals surface area (Å²) >= 11 is 0. The second-order valence-electron chi connectivity index (χ2n) is 9.03. The van der Waals surface area contributed by atoms with Crippen molar-refractivity contribution in [3.8, 4) is 0 Å². The van der Waals surface area contributed by atoms with Gasteiger partial charge in [-0.05, 0) is 55.4 Å². The van der Waals surface area contributed by atoms with Gasteiger partial charge in [-0.15, -0.1) is 0 Å². The van der Waals surface area contributed by atoms with Crippen LogP contribution in [0.25, 0.3) is 11.0 Å². The van der Waals surface area contributed by atoms with Gasteiger partial charge in [0.2, 0.25) is 5.91 Å². The van der Waals surface area contributed by atoms with Gasteiger partial charge in [0.15, 0.2) is 5.76 Å². The van der Waals surface area contributed by atoms with E-state index in [1.54, 1.807) is 24.8 Å². The molecule has 2 heterocycles. The molecule has 174 valence electrons. The van der Waals surface area contributed by atoms with E-state index in [2.05, 4.69) is 0 Å². The van der Waals surface area contributed by atoms with E-state index in [9.17, 15) is 27.9 Å². The van der Waals surface area contributed by atoms with Crippen LogP contribution in [0, 0.1) is 0 Å². The largest absolute Gasteiger partial charge is 0.450 e. The zero-order valence-corrected chi connectivity index (χ0v) is 18.1. The minimum Gasteiger partial charge on any atom is -0.450 e. The third-order valence-electron chi connectivity index (χ3n) is 6.47. The molecule has 1 saturated heterocycles. The van der Waals surface area contributed by atoms with Crippen LogP contribution in [0.4, 0.5) is 13.2 Å². The van der Waals surface area contributed by atoms with Gasteiger partial charge >= 0.3 is 6.18 Å². The van der Waals surface area contributed by atoms with Crippen molar-refractivity contribution in [2.45, 2.75) is 63.8 Å². The van der Waals surface area contributed by atoms with Crippen LogP contribution in [0.2, 0.25) is 0 Å². The fourth-order valence-electron chi connectivity index (χ4n) is 4.60. The van der Waals surface area contributed by atoms with Crippen LogP contribution in [0.15, 0.2) is 22.6 Å². The Bertz CT molecular complexity index is 1020. The van der Waals surface area contributed by atoms with E-state index in [1.165, 1.54) is 11.0 Å². The standard InChI is InChI=1S/C23H27F3N2O4/c1-13(2)14-9-15-11-19(32-21(15)18(10-14)23(24,25)26)22(31)27-7-8-28(20(30)12-27)16-3-5-17(29)6-4-16/h9-11,13,16-17,29H,3-8,12H2,1-2H3. The average molecular weight is 452 g/mol. The topological polar surface area (TPSA) is 74.0 Å². The molecule has 1 aliphatic carbocycles. The van der Waals surface area contributed by atoms with Gasteiger partial charge in [0.1, 0.15) is 12.1 Å². The first-order chi connectivity index (χ1) is 15.0. The van der Waals surface area contributed by atoms with Crippen molar-refractivity contribution >= 4 is 22.8 Å². The Labute approximate surface area is 184 Å². The highest BCUT2D eigenvalue weighted by Gasteiger charge is 2.37. The summed E-state index contributed by atoms with van der Waals surface area (Å²) in [5.41, 5.74) is -0.764. The molecule has 2 fully saturated rings. The molecular formula is C23H27F3N2O4. The fourth-order valence-corrected chi connectivity index (χ4v) is 4.60. The lowest BCUT2D eigenvalue weighted by atomic mass is 9.91. The highest BCUT2D eigenvalue weighted by atomic mass is 19.4. The molecule has 0 unspecified atom stereocenters. The average Bonchev–Trinajstić information content (AvgIpc) is 3.16. The smallest absolute Gasteiger partial charge is 0.420 e. The molecular weight excluding hydrogens is 425 g/mol. The fraction of sp³-hybridized carbons (Fsp3) is 0.565. The molecule has 1 aliphatic heterocycles. The van der Waals surface area contributed by atoms with Gasteiger partial charge in [-0.2, -0.15) is 13.2 Å². The van der Waals surface area contributed by atoms with Crippen LogP contribution in [0.5, 0.6) is 0 Å². The SMILES string of the molecule is CC(C)c1cc(C(F)(F)F)c2oc(C(=O)N3CCN(C4CCC(O)CC4)C(=O)C3)cc2c1. The lowest BCUT2D eigenvalue weighted by Crippen LogP contribution is -2.56. The molecule has 0 spiro atoms. The minimum atomic E-state index is -4.61. The number of aliphatic hydroxyl groups is 1. The molecule has 1 saturated carbocycles. The summed E-state index contributed by atoms with van der Waals surface area (Å²) in [4.78, 5) is 28.7. The first-order valence-corrected chi connectivity index (χ1v) is 11.0. The Morgan fingerprint density at radius 2 is 1.81 bits per heavy atom. The zero-order chi connectivity index (χ0) is 23.2. The number of furan rings is 1. The highest BCUT2D eigenvalue weighted by molar-refractivity contribution is 5.99. The summed E-state index contributed by atoms with van der Waals surface area (Å²) in [7, 11) is 0. The Morgan fingerprint density at radius 1 is 1.12 bits per heavy atom. The van der Waals surface area contributed by atoms with Crippen LogP contribution < -0.4 is 0 Å². The number of alkyl halides is 3. The molecule has 6 nitrogen and oxygen atoms in total. The van der Waals surface area contributed by atoms with Crippen LogP contribution in [0.3, 0.4) is 0 Å². The molecule has 1 aromatic heterocycles. The normalized spacial score (nSPS) is 22.8. The highest BCUT2D eigenvalue weighted by Crippen LogP contribution is 2.38. The summed E-state index contributed by atoms with van der Waals surface area (Å²) in [6.07, 6.45) is -2.19. The van der Waals surface area contributed by atoms with Crippen molar-refractivity contribution in [2.75, 3.05) is 19.6 Å². The maximum absolute atomic E-state index is 13.6. The van der Waals surface area contributed by atoms with Crippen LogP contribution in [-0.2, 0) is 11.0 Å². The van der Waals surface area contributed by atoms with Crippen LogP contribution in [-0.4, -0.2) is 58.5 Å². The number of fused-ring (bicyclic) bond motifs is 1. The molecule has 2 aromatic rings. The lowest BCUT2D eigenvalue weighted by Gasteiger charge is -2.41. The van der Waals surface area contributed by atoms with Gasteiger partial charge in [-0.25, -0.2) is 0 Å². The summed E-state index contributed by atoms with van der Waals surface area (Å²) < 4.78 is 46.2. The van der Waals surface area contributed by atoms with E-state index in [0.717, 1.165) is 18.9 Å². The Hall–Kier alpha value is -2.55. The van der Waals surface area contributed by atoms with E-state index in [1.807, 2.05) is 0 Å². The van der Waals surface area contributed by atoms with E-state index in [0.29, 0.717) is 24.9 Å². The third-order valence-corrected chi connectivity index (χ3v) is 6.47. The predicted octanol–water partition coefficient (Wildman–Crippen LogP) is 4.16. The van der Waals surface area contributed by atoms with Gasteiger partial charge in [0, 0.05) is 24.5 Å². The Morgan fingerprint density at radius 3 is 2.41 bits per heavy atom. The molecule has 2 amide bonds. The first-order valence-electron chi connectivity index (χ1n) is 11.0. The lowest BCUT2D eigenvalue weighted by molar-refractivity contribution is -0.139. The number of aliphatic hydroxyl groups excluding tert-OH is 1. The Kier molecular flexibility index (Phi) is 5.96. The number of benzene rings is 1. The molecule has 1 aromatic carbocycles. The van der Waals surface area contributed by atoms with E-state index < -0.39 is 17.6 Å². The Balaban J connectivity index is 1.55. The number of carbonyl (C=O) groups is 2. The van der Waals surface area contributed by atoms with Crippen molar-refractivity contribution in [1.82, 2.24) is 9.80 Å². The molecule has 0 atom stereocenters. The van der Waals surface area contributed by atoms with Gasteiger partial charge in [0.25, 0.3) is 5.91 Å². The van der Waals surface area contributed by atoms with Crippen molar-refractivity contribution in [1.29, 1.82) is 0 Å². The van der Waals surface area contributed by atoms with Crippen molar-refractivity contribution in [2.24, 2.45) is 0 Å². The number of halogens is 3. The maximum atomic E-state index is 13.6. The van der Waals surface area contributed by atoms with Crippen molar-refractivity contribution < 1.29 is 32.3 Å². The first kappa shape index (κ1) is 22.6. The van der Waals surface area contributed by atoms with Crippen LogP contribution >= 0.6 is 0 Å². The molecule has 2 aliphatic rings. The molecule has 0 radical (unpaired) electrons. The summed E-state index contributed by atoms with van der Waals surface area (Å²) in [5, 5.41) is 9.89. The quantitative estimate of drug-likeness (QED) is 0.759. The number of hydrogen-bond acceptors (Lipinski definition) is 4. The number of hydrogen-bond donors (Lipinski definition) is 1. The van der Waals surface area contributed by atoms with Gasteiger partial charge in [-0.1, -0.05) is 13.8 Å². The second kappa shape index (κ2) is 8.42. The maximum Gasteiger partial charge on any atom is 0.420 e. The van der Waals surface area contributed by atoms with Gasteiger partial charge in [-0.3, -0.25) is 9.59 Å². The minimum absolute atomic E-state index is 0.0538. The molecule has 0 bridgehead atoms.